The topological polar surface area (TPSA) is 54.0 Å². The van der Waals surface area contributed by atoms with E-state index in [1.165, 1.54) is 12.3 Å². The van der Waals surface area contributed by atoms with Crippen molar-refractivity contribution in [2.45, 2.75) is 6.42 Å². The van der Waals surface area contributed by atoms with Gasteiger partial charge in [0.15, 0.2) is 5.78 Å². The first kappa shape index (κ1) is 8.28. The van der Waals surface area contributed by atoms with Crippen LogP contribution in [0.15, 0.2) is 28.9 Å². The summed E-state index contributed by atoms with van der Waals surface area (Å²) >= 11 is 0. The minimum atomic E-state index is -0.214. The van der Waals surface area contributed by atoms with Crippen molar-refractivity contribution in [3.8, 4) is 6.07 Å². The first-order valence-corrected chi connectivity index (χ1v) is 3.44. The Morgan fingerprint density at radius 3 is 3.17 bits per heavy atom. The molecular weight excluding hydrogens is 154 g/mol. The Kier molecular flexibility index (Phi) is 2.86. The standard InChI is InChI=1S/C9H7NO2/c10-6-5-8(11)3-4-9-2-1-7-12-9/h1-4,7H,5H2/b4-3+. The zero-order valence-corrected chi connectivity index (χ0v) is 6.36. The van der Waals surface area contributed by atoms with E-state index in [-0.39, 0.29) is 12.2 Å². The fourth-order valence-corrected chi connectivity index (χ4v) is 0.698. The highest BCUT2D eigenvalue weighted by Gasteiger charge is 1.94. The monoisotopic (exact) mass is 161 g/mol. The summed E-state index contributed by atoms with van der Waals surface area (Å²) in [7, 11) is 0. The number of rotatable bonds is 3. The van der Waals surface area contributed by atoms with Crippen LogP contribution in [0.5, 0.6) is 0 Å². The largest absolute Gasteiger partial charge is 0.465 e. The number of hydrogen-bond donors (Lipinski definition) is 0. The van der Waals surface area contributed by atoms with Crippen LogP contribution in [0.25, 0.3) is 6.08 Å². The molecule has 0 saturated carbocycles. The molecule has 0 atom stereocenters. The fraction of sp³-hybridized carbons (Fsp3) is 0.111. The van der Waals surface area contributed by atoms with Crippen LogP contribution in [0.3, 0.4) is 0 Å². The molecule has 0 unspecified atom stereocenters. The Morgan fingerprint density at radius 2 is 2.58 bits per heavy atom. The molecule has 0 aliphatic heterocycles. The molecule has 1 aromatic heterocycles. The molecule has 1 heterocycles. The van der Waals surface area contributed by atoms with Crippen LogP contribution >= 0.6 is 0 Å². The number of furan rings is 1. The molecular formula is C9H7NO2. The SMILES string of the molecule is N#CCC(=O)/C=C/c1ccco1. The number of nitriles is 1. The lowest BCUT2D eigenvalue weighted by molar-refractivity contribution is -0.113. The van der Waals surface area contributed by atoms with E-state index in [2.05, 4.69) is 0 Å². The lowest BCUT2D eigenvalue weighted by Crippen LogP contribution is -1.87. The van der Waals surface area contributed by atoms with Crippen LogP contribution < -0.4 is 0 Å². The molecule has 0 amide bonds. The maximum absolute atomic E-state index is 10.8. The summed E-state index contributed by atoms with van der Waals surface area (Å²) in [6.45, 7) is 0. The fourth-order valence-electron chi connectivity index (χ4n) is 0.698. The maximum Gasteiger partial charge on any atom is 0.169 e. The van der Waals surface area contributed by atoms with E-state index >= 15 is 0 Å². The minimum Gasteiger partial charge on any atom is -0.465 e. The van der Waals surface area contributed by atoms with Crippen LogP contribution in [-0.2, 0) is 4.79 Å². The quantitative estimate of drug-likeness (QED) is 0.635. The van der Waals surface area contributed by atoms with E-state index in [9.17, 15) is 4.79 Å². The summed E-state index contributed by atoms with van der Waals surface area (Å²) < 4.78 is 4.94. The molecule has 0 aromatic carbocycles. The molecule has 3 heteroatoms. The first-order valence-electron chi connectivity index (χ1n) is 3.44. The molecule has 3 nitrogen and oxygen atoms in total. The molecule has 0 spiro atoms. The van der Waals surface area contributed by atoms with E-state index in [1.54, 1.807) is 24.3 Å². The zero-order valence-electron chi connectivity index (χ0n) is 6.36. The van der Waals surface area contributed by atoms with E-state index < -0.39 is 0 Å². The smallest absolute Gasteiger partial charge is 0.169 e. The van der Waals surface area contributed by atoms with Gasteiger partial charge in [-0.25, -0.2) is 0 Å². The van der Waals surface area contributed by atoms with Crippen molar-refractivity contribution in [2.75, 3.05) is 0 Å². The highest BCUT2D eigenvalue weighted by Crippen LogP contribution is 2.02. The lowest BCUT2D eigenvalue weighted by atomic mass is 10.2. The van der Waals surface area contributed by atoms with Gasteiger partial charge in [-0.1, -0.05) is 0 Å². The molecule has 0 radical (unpaired) electrons. The van der Waals surface area contributed by atoms with Gasteiger partial charge in [-0.3, -0.25) is 4.79 Å². The van der Waals surface area contributed by atoms with Crippen molar-refractivity contribution in [2.24, 2.45) is 0 Å². The summed E-state index contributed by atoms with van der Waals surface area (Å²) in [4.78, 5) is 10.8. The average Bonchev–Trinajstić information content (AvgIpc) is 2.53. The van der Waals surface area contributed by atoms with Gasteiger partial charge in [0.05, 0.1) is 18.8 Å². The van der Waals surface area contributed by atoms with Gasteiger partial charge in [0, 0.05) is 0 Å². The molecule has 0 saturated heterocycles. The van der Waals surface area contributed by atoms with Crippen molar-refractivity contribution in [1.82, 2.24) is 0 Å². The number of carbonyl (C=O) groups excluding carboxylic acids is 1. The highest BCUT2D eigenvalue weighted by molar-refractivity contribution is 5.94. The van der Waals surface area contributed by atoms with Crippen molar-refractivity contribution in [1.29, 1.82) is 5.26 Å². The Labute approximate surface area is 69.9 Å². The van der Waals surface area contributed by atoms with E-state index in [0.717, 1.165) is 0 Å². The summed E-state index contributed by atoms with van der Waals surface area (Å²) in [6, 6.07) is 5.23. The Balaban J connectivity index is 2.52. The molecule has 0 aliphatic carbocycles. The Hall–Kier alpha value is -1.82. The van der Waals surface area contributed by atoms with Gasteiger partial charge in [-0.05, 0) is 24.3 Å². The van der Waals surface area contributed by atoms with Crippen LogP contribution in [0.1, 0.15) is 12.2 Å². The van der Waals surface area contributed by atoms with Gasteiger partial charge in [0.25, 0.3) is 0 Å². The minimum absolute atomic E-state index is 0.0861. The third-order valence-electron chi connectivity index (χ3n) is 1.23. The summed E-state index contributed by atoms with van der Waals surface area (Å²) in [6.07, 6.45) is 4.31. The van der Waals surface area contributed by atoms with E-state index in [4.69, 9.17) is 9.68 Å². The Morgan fingerprint density at radius 1 is 1.75 bits per heavy atom. The number of hydrogen-bond acceptors (Lipinski definition) is 3. The highest BCUT2D eigenvalue weighted by atomic mass is 16.3. The molecule has 0 aliphatic rings. The van der Waals surface area contributed by atoms with Crippen LogP contribution in [0.4, 0.5) is 0 Å². The molecule has 12 heavy (non-hydrogen) atoms. The normalized spacial score (nSPS) is 9.92. The first-order chi connectivity index (χ1) is 5.83. The van der Waals surface area contributed by atoms with E-state index in [1.807, 2.05) is 0 Å². The molecule has 0 fully saturated rings. The van der Waals surface area contributed by atoms with Gasteiger partial charge >= 0.3 is 0 Å². The number of nitrogens with zero attached hydrogens (tertiary/aromatic N) is 1. The summed E-state index contributed by atoms with van der Waals surface area (Å²) in [5.74, 6) is 0.398. The van der Waals surface area contributed by atoms with Crippen molar-refractivity contribution in [3.05, 3.63) is 30.2 Å². The molecule has 0 bridgehead atoms. The van der Waals surface area contributed by atoms with Crippen molar-refractivity contribution < 1.29 is 9.21 Å². The van der Waals surface area contributed by atoms with Crippen LogP contribution in [-0.4, -0.2) is 5.78 Å². The third kappa shape index (κ3) is 2.43. The zero-order chi connectivity index (χ0) is 8.81. The second-order valence-electron chi connectivity index (χ2n) is 2.15. The predicted octanol–water partition coefficient (Wildman–Crippen LogP) is 1.78. The lowest BCUT2D eigenvalue weighted by Gasteiger charge is -1.82. The number of carbonyl (C=O) groups is 1. The number of allylic oxidation sites excluding steroid dienone is 1. The van der Waals surface area contributed by atoms with Gasteiger partial charge in [-0.15, -0.1) is 0 Å². The van der Waals surface area contributed by atoms with Gasteiger partial charge in [0.2, 0.25) is 0 Å². The summed E-state index contributed by atoms with van der Waals surface area (Å²) in [5.41, 5.74) is 0. The molecule has 1 aromatic rings. The van der Waals surface area contributed by atoms with Gasteiger partial charge < -0.3 is 4.42 Å². The predicted molar refractivity (Wildman–Crippen MR) is 43.0 cm³/mol. The molecule has 1 rings (SSSR count). The number of ketones is 1. The second kappa shape index (κ2) is 4.14. The van der Waals surface area contributed by atoms with Crippen LogP contribution in [0, 0.1) is 11.3 Å². The third-order valence-corrected chi connectivity index (χ3v) is 1.23. The average molecular weight is 161 g/mol. The van der Waals surface area contributed by atoms with Crippen LogP contribution in [0.2, 0.25) is 0 Å². The molecule has 0 N–H and O–H groups in total. The second-order valence-corrected chi connectivity index (χ2v) is 2.15. The Bertz CT molecular complexity index is 317. The van der Waals surface area contributed by atoms with Gasteiger partial charge in [-0.2, -0.15) is 5.26 Å². The van der Waals surface area contributed by atoms with Crippen molar-refractivity contribution in [3.63, 3.8) is 0 Å². The van der Waals surface area contributed by atoms with E-state index in [0.29, 0.717) is 5.76 Å². The summed E-state index contributed by atoms with van der Waals surface area (Å²) in [5, 5.41) is 8.17. The van der Waals surface area contributed by atoms with Crippen molar-refractivity contribution >= 4 is 11.9 Å². The van der Waals surface area contributed by atoms with Gasteiger partial charge in [0.1, 0.15) is 5.76 Å². The maximum atomic E-state index is 10.8. The molecule has 60 valence electrons.